The Morgan fingerprint density at radius 1 is 1.00 bits per heavy atom. The van der Waals surface area contributed by atoms with Crippen molar-refractivity contribution in [1.82, 2.24) is 5.32 Å². The van der Waals surface area contributed by atoms with E-state index < -0.39 is 0 Å². The van der Waals surface area contributed by atoms with E-state index in [9.17, 15) is 4.79 Å². The second-order valence-electron chi connectivity index (χ2n) is 8.32. The van der Waals surface area contributed by atoms with Crippen LogP contribution in [0, 0.1) is 0 Å². The van der Waals surface area contributed by atoms with E-state index in [0.717, 1.165) is 41.2 Å². The summed E-state index contributed by atoms with van der Waals surface area (Å²) in [5, 5.41) is 6.21. The fraction of sp³-hybridized carbons (Fsp3) is 0.409. The van der Waals surface area contributed by atoms with E-state index in [0.29, 0.717) is 13.2 Å². The molecule has 1 saturated carbocycles. The molecule has 5 heteroatoms. The molecule has 27 heavy (non-hydrogen) atoms. The number of urea groups is 1. The van der Waals surface area contributed by atoms with Gasteiger partial charge in [-0.2, -0.15) is 0 Å². The van der Waals surface area contributed by atoms with Gasteiger partial charge in [-0.05, 0) is 47.6 Å². The average Bonchev–Trinajstić information content (AvgIpc) is 3.41. The molecule has 1 aliphatic carbocycles. The van der Waals surface area contributed by atoms with Gasteiger partial charge in [0.2, 0.25) is 0 Å². The highest BCUT2D eigenvalue weighted by atomic mass is 16.6. The van der Waals surface area contributed by atoms with Gasteiger partial charge in [0, 0.05) is 5.69 Å². The minimum Gasteiger partial charge on any atom is -0.486 e. The van der Waals surface area contributed by atoms with Crippen molar-refractivity contribution in [3.05, 3.63) is 53.6 Å². The molecule has 2 N–H and O–H groups in total. The Labute approximate surface area is 160 Å². The van der Waals surface area contributed by atoms with E-state index >= 15 is 0 Å². The van der Waals surface area contributed by atoms with Crippen LogP contribution < -0.4 is 20.1 Å². The first-order valence-corrected chi connectivity index (χ1v) is 9.46. The Kier molecular flexibility index (Phi) is 4.25. The number of hydrogen-bond donors (Lipinski definition) is 2. The monoisotopic (exact) mass is 366 g/mol. The zero-order valence-electron chi connectivity index (χ0n) is 16.1. The third-order valence-electron chi connectivity index (χ3n) is 5.18. The number of fused-ring (bicyclic) bond motifs is 1. The van der Waals surface area contributed by atoms with Crippen molar-refractivity contribution < 1.29 is 14.3 Å². The molecule has 142 valence electrons. The molecular formula is C22H26N2O3. The highest BCUT2D eigenvalue weighted by Crippen LogP contribution is 2.48. The number of hydrogen-bond acceptors (Lipinski definition) is 3. The van der Waals surface area contributed by atoms with Gasteiger partial charge in [-0.15, -0.1) is 0 Å². The topological polar surface area (TPSA) is 59.6 Å². The van der Waals surface area contributed by atoms with Crippen LogP contribution in [0.3, 0.4) is 0 Å². The smallest absolute Gasteiger partial charge is 0.319 e. The van der Waals surface area contributed by atoms with Crippen LogP contribution in [0.2, 0.25) is 0 Å². The molecule has 0 spiro atoms. The van der Waals surface area contributed by atoms with Gasteiger partial charge in [0.15, 0.2) is 11.5 Å². The van der Waals surface area contributed by atoms with Crippen LogP contribution in [-0.4, -0.2) is 19.2 Å². The molecule has 2 aromatic rings. The molecule has 1 fully saturated rings. The molecule has 4 rings (SSSR count). The number of nitrogens with one attached hydrogen (secondary N) is 2. The summed E-state index contributed by atoms with van der Waals surface area (Å²) in [6.45, 7) is 7.56. The molecule has 2 aliphatic rings. The van der Waals surface area contributed by atoms with Gasteiger partial charge in [0.25, 0.3) is 0 Å². The number of amides is 2. The van der Waals surface area contributed by atoms with Crippen LogP contribution >= 0.6 is 0 Å². The maximum Gasteiger partial charge on any atom is 0.319 e. The molecule has 0 radical (unpaired) electrons. The van der Waals surface area contributed by atoms with E-state index in [1.165, 1.54) is 0 Å². The Morgan fingerprint density at radius 3 is 2.41 bits per heavy atom. The molecule has 0 atom stereocenters. The molecule has 0 bridgehead atoms. The standard InChI is InChI=1S/C22H26N2O3/c1-21(2,3)16-6-4-5-7-17(16)23-20(25)24-22(10-11-22)15-8-9-18-19(14-15)27-13-12-26-18/h4-9,14H,10-13H2,1-3H3,(H2,23,24,25). The summed E-state index contributed by atoms with van der Waals surface area (Å²) in [7, 11) is 0. The van der Waals surface area contributed by atoms with Gasteiger partial charge in [-0.25, -0.2) is 4.79 Å². The summed E-state index contributed by atoms with van der Waals surface area (Å²) in [6.07, 6.45) is 1.84. The highest BCUT2D eigenvalue weighted by Gasteiger charge is 2.46. The number of carbonyl (C=O) groups is 1. The third kappa shape index (κ3) is 3.59. The third-order valence-corrected chi connectivity index (χ3v) is 5.18. The number of carbonyl (C=O) groups excluding carboxylic acids is 1. The molecule has 5 nitrogen and oxygen atoms in total. The van der Waals surface area contributed by atoms with E-state index in [4.69, 9.17) is 9.47 Å². The van der Waals surface area contributed by atoms with Crippen LogP contribution in [0.5, 0.6) is 11.5 Å². The molecular weight excluding hydrogens is 340 g/mol. The SMILES string of the molecule is CC(C)(C)c1ccccc1NC(=O)NC1(c2ccc3c(c2)OCCO3)CC1. The maximum absolute atomic E-state index is 12.7. The van der Waals surface area contributed by atoms with Gasteiger partial charge in [0.1, 0.15) is 13.2 Å². The van der Waals surface area contributed by atoms with Crippen molar-refractivity contribution in [3.8, 4) is 11.5 Å². The van der Waals surface area contributed by atoms with Crippen LogP contribution in [0.1, 0.15) is 44.7 Å². The average molecular weight is 366 g/mol. The van der Waals surface area contributed by atoms with E-state index in [-0.39, 0.29) is 17.0 Å². The molecule has 1 heterocycles. The van der Waals surface area contributed by atoms with Crippen molar-refractivity contribution in [2.75, 3.05) is 18.5 Å². The number of benzene rings is 2. The Bertz CT molecular complexity index is 866. The summed E-state index contributed by atoms with van der Waals surface area (Å²) >= 11 is 0. The maximum atomic E-state index is 12.7. The van der Waals surface area contributed by atoms with Gasteiger partial charge in [-0.1, -0.05) is 45.0 Å². The number of anilines is 1. The molecule has 0 saturated heterocycles. The van der Waals surface area contributed by atoms with Crippen molar-refractivity contribution in [2.45, 2.75) is 44.6 Å². The zero-order chi connectivity index (χ0) is 19.1. The van der Waals surface area contributed by atoms with Crippen molar-refractivity contribution in [3.63, 3.8) is 0 Å². The normalized spacial score (nSPS) is 17.1. The van der Waals surface area contributed by atoms with E-state index in [1.807, 2.05) is 36.4 Å². The van der Waals surface area contributed by atoms with Crippen LogP contribution in [0.15, 0.2) is 42.5 Å². The quantitative estimate of drug-likeness (QED) is 0.837. The predicted molar refractivity (Wildman–Crippen MR) is 106 cm³/mol. The van der Waals surface area contributed by atoms with Gasteiger partial charge in [0.05, 0.1) is 5.54 Å². The van der Waals surface area contributed by atoms with E-state index in [1.54, 1.807) is 0 Å². The highest BCUT2D eigenvalue weighted by molar-refractivity contribution is 5.91. The van der Waals surface area contributed by atoms with Crippen LogP contribution in [0.4, 0.5) is 10.5 Å². The predicted octanol–water partition coefficient (Wildman–Crippen LogP) is 4.57. The Balaban J connectivity index is 1.51. The fourth-order valence-electron chi connectivity index (χ4n) is 3.57. The fourth-order valence-corrected chi connectivity index (χ4v) is 3.57. The van der Waals surface area contributed by atoms with Crippen molar-refractivity contribution in [1.29, 1.82) is 0 Å². The molecule has 0 unspecified atom stereocenters. The second-order valence-corrected chi connectivity index (χ2v) is 8.32. The number of para-hydroxylation sites is 1. The minimum absolute atomic E-state index is 0.0447. The summed E-state index contributed by atoms with van der Waals surface area (Å²) in [5.41, 5.74) is 2.66. The number of ether oxygens (including phenoxy) is 2. The second kappa shape index (κ2) is 6.48. The lowest BCUT2D eigenvalue weighted by molar-refractivity contribution is 0.171. The molecule has 2 aromatic carbocycles. The summed E-state index contributed by atoms with van der Waals surface area (Å²) < 4.78 is 11.3. The molecule has 2 amide bonds. The van der Waals surface area contributed by atoms with E-state index in [2.05, 4.69) is 37.5 Å². The first-order chi connectivity index (χ1) is 12.9. The Morgan fingerprint density at radius 2 is 1.70 bits per heavy atom. The Hall–Kier alpha value is -2.69. The first-order valence-electron chi connectivity index (χ1n) is 9.46. The lowest BCUT2D eigenvalue weighted by Crippen LogP contribution is -2.38. The van der Waals surface area contributed by atoms with Crippen molar-refractivity contribution >= 4 is 11.7 Å². The first kappa shape index (κ1) is 17.7. The number of rotatable bonds is 3. The molecule has 0 aromatic heterocycles. The van der Waals surface area contributed by atoms with Gasteiger partial charge < -0.3 is 20.1 Å². The van der Waals surface area contributed by atoms with Crippen molar-refractivity contribution in [2.24, 2.45) is 0 Å². The largest absolute Gasteiger partial charge is 0.486 e. The lowest BCUT2D eigenvalue weighted by atomic mass is 9.86. The van der Waals surface area contributed by atoms with Crippen LogP contribution in [-0.2, 0) is 11.0 Å². The lowest BCUT2D eigenvalue weighted by Gasteiger charge is -2.25. The minimum atomic E-state index is -0.323. The molecule has 1 aliphatic heterocycles. The summed E-state index contributed by atoms with van der Waals surface area (Å²) in [4.78, 5) is 12.7. The van der Waals surface area contributed by atoms with Gasteiger partial charge >= 0.3 is 6.03 Å². The van der Waals surface area contributed by atoms with Crippen LogP contribution in [0.25, 0.3) is 0 Å². The summed E-state index contributed by atoms with van der Waals surface area (Å²) in [5.74, 6) is 1.52. The zero-order valence-corrected chi connectivity index (χ0v) is 16.1. The van der Waals surface area contributed by atoms with Gasteiger partial charge in [-0.3, -0.25) is 0 Å². The summed E-state index contributed by atoms with van der Waals surface area (Å²) in [6, 6.07) is 13.7.